The molecule has 86 valence electrons. The summed E-state index contributed by atoms with van der Waals surface area (Å²) in [6.07, 6.45) is 0. The Morgan fingerprint density at radius 2 is 2.00 bits per heavy atom. The second-order valence-electron chi connectivity index (χ2n) is 3.28. The van der Waals surface area contributed by atoms with Crippen molar-refractivity contribution in [3.05, 3.63) is 33.7 Å². The molecule has 0 aliphatic carbocycles. The van der Waals surface area contributed by atoms with Crippen molar-refractivity contribution >= 4 is 25.1 Å². The van der Waals surface area contributed by atoms with Crippen LogP contribution in [-0.4, -0.2) is 6.98 Å². The second-order valence-corrected chi connectivity index (χ2v) is 3.80. The summed E-state index contributed by atoms with van der Waals surface area (Å²) in [7, 11) is 0. The molecule has 1 aromatic carbocycles. The standard InChI is InChI=1S/C8H8BF3N3S.K/c1-5-6(4-14-15-13)2-7(16)3-8(5)9(10,11)12;/h2-3,16H,4H2,1H3;/q-1;+1. The van der Waals surface area contributed by atoms with Crippen LogP contribution in [0.25, 0.3) is 10.4 Å². The molecule has 3 nitrogen and oxygen atoms in total. The number of rotatable bonds is 3. The summed E-state index contributed by atoms with van der Waals surface area (Å²) in [6.45, 7) is -3.81. The Morgan fingerprint density at radius 3 is 2.47 bits per heavy atom. The summed E-state index contributed by atoms with van der Waals surface area (Å²) < 4.78 is 38.0. The molecule has 0 aromatic heterocycles. The van der Waals surface area contributed by atoms with E-state index >= 15 is 0 Å². The molecule has 0 heterocycles. The van der Waals surface area contributed by atoms with Crippen LogP contribution in [0, 0.1) is 6.92 Å². The number of benzene rings is 1. The minimum absolute atomic E-state index is 0. The van der Waals surface area contributed by atoms with E-state index in [4.69, 9.17) is 5.53 Å². The minimum atomic E-state index is -5.07. The van der Waals surface area contributed by atoms with Gasteiger partial charge in [-0.25, -0.2) is 0 Å². The van der Waals surface area contributed by atoms with Crippen LogP contribution in [0.4, 0.5) is 12.9 Å². The van der Waals surface area contributed by atoms with Gasteiger partial charge in [0.05, 0.1) is 6.54 Å². The van der Waals surface area contributed by atoms with Gasteiger partial charge in [0.1, 0.15) is 0 Å². The third-order valence-corrected chi connectivity index (χ3v) is 2.46. The number of halogens is 3. The van der Waals surface area contributed by atoms with Gasteiger partial charge in [-0.15, -0.1) is 18.1 Å². The van der Waals surface area contributed by atoms with Crippen LogP contribution in [0.5, 0.6) is 0 Å². The fourth-order valence-electron chi connectivity index (χ4n) is 1.39. The summed E-state index contributed by atoms with van der Waals surface area (Å²) in [5.41, 5.74) is 7.90. The van der Waals surface area contributed by atoms with Crippen LogP contribution in [0.1, 0.15) is 11.1 Å². The van der Waals surface area contributed by atoms with E-state index in [1.165, 1.54) is 13.0 Å². The Kier molecular flexibility index (Phi) is 7.24. The van der Waals surface area contributed by atoms with Gasteiger partial charge in [0, 0.05) is 9.81 Å². The van der Waals surface area contributed by atoms with Crippen LogP contribution < -0.4 is 56.8 Å². The predicted molar refractivity (Wildman–Crippen MR) is 60.0 cm³/mol. The first-order valence-corrected chi connectivity index (χ1v) is 4.84. The van der Waals surface area contributed by atoms with E-state index in [0.717, 1.165) is 6.07 Å². The van der Waals surface area contributed by atoms with Gasteiger partial charge >= 0.3 is 58.4 Å². The monoisotopic (exact) mass is 285 g/mol. The maximum atomic E-state index is 12.7. The topological polar surface area (TPSA) is 48.8 Å². The van der Waals surface area contributed by atoms with Gasteiger partial charge in [0.2, 0.25) is 0 Å². The molecule has 0 saturated heterocycles. The Balaban J connectivity index is 0.00000256. The molecule has 0 aliphatic rings. The maximum Gasteiger partial charge on any atom is 1.00 e. The molecule has 0 fully saturated rings. The first-order valence-electron chi connectivity index (χ1n) is 4.39. The SMILES string of the molecule is Cc1c(CN=[N+]=[N-])cc(S)cc1[B-](F)(F)F.[K+]. The van der Waals surface area contributed by atoms with Crippen LogP contribution in [0.3, 0.4) is 0 Å². The van der Waals surface area contributed by atoms with E-state index in [-0.39, 0.29) is 68.4 Å². The van der Waals surface area contributed by atoms with Gasteiger partial charge in [-0.05, 0) is 24.1 Å². The molecule has 0 bridgehead atoms. The van der Waals surface area contributed by atoms with Crippen LogP contribution in [0.2, 0.25) is 0 Å². The van der Waals surface area contributed by atoms with E-state index in [1.807, 2.05) is 0 Å². The molecule has 0 amide bonds. The molecule has 0 unspecified atom stereocenters. The molecule has 0 N–H and O–H groups in total. The van der Waals surface area contributed by atoms with Crippen LogP contribution in [0.15, 0.2) is 22.1 Å². The maximum absolute atomic E-state index is 12.7. The summed E-state index contributed by atoms with van der Waals surface area (Å²) in [5, 5.41) is 3.25. The summed E-state index contributed by atoms with van der Waals surface area (Å²) in [6, 6.07) is 2.45. The number of hydrogen-bond acceptors (Lipinski definition) is 2. The Morgan fingerprint density at radius 1 is 1.41 bits per heavy atom. The van der Waals surface area contributed by atoms with Gasteiger partial charge in [-0.3, -0.25) is 0 Å². The van der Waals surface area contributed by atoms with E-state index in [0.29, 0.717) is 5.56 Å². The number of azide groups is 1. The molecular weight excluding hydrogens is 277 g/mol. The largest absolute Gasteiger partial charge is 1.00 e. The third kappa shape index (κ3) is 4.86. The zero-order chi connectivity index (χ0) is 12.3. The molecule has 1 aromatic rings. The van der Waals surface area contributed by atoms with Gasteiger partial charge < -0.3 is 12.9 Å². The average molecular weight is 285 g/mol. The van der Waals surface area contributed by atoms with Gasteiger partial charge in [0.15, 0.2) is 0 Å². The first kappa shape index (κ1) is 17.4. The van der Waals surface area contributed by atoms with E-state index in [2.05, 4.69) is 22.7 Å². The smallest absolute Gasteiger partial charge is 0.445 e. The summed E-state index contributed by atoms with van der Waals surface area (Å²) in [5.74, 6) is 0. The van der Waals surface area contributed by atoms with Gasteiger partial charge in [0.25, 0.3) is 0 Å². The second kappa shape index (κ2) is 7.08. The zero-order valence-electron chi connectivity index (χ0n) is 9.36. The van der Waals surface area contributed by atoms with Crippen molar-refractivity contribution in [2.45, 2.75) is 18.4 Å². The fourth-order valence-corrected chi connectivity index (χ4v) is 1.69. The van der Waals surface area contributed by atoms with Crippen molar-refractivity contribution in [3.63, 3.8) is 0 Å². The summed E-state index contributed by atoms with van der Waals surface area (Å²) in [4.78, 5) is 2.73. The van der Waals surface area contributed by atoms with Crippen molar-refractivity contribution in [1.29, 1.82) is 0 Å². The fraction of sp³-hybridized carbons (Fsp3) is 0.250. The molecule has 17 heavy (non-hydrogen) atoms. The number of nitrogens with zero attached hydrogens (tertiary/aromatic N) is 3. The van der Waals surface area contributed by atoms with E-state index < -0.39 is 12.4 Å². The third-order valence-electron chi connectivity index (χ3n) is 2.20. The van der Waals surface area contributed by atoms with Crippen LogP contribution in [-0.2, 0) is 6.54 Å². The number of hydrogen-bond donors (Lipinski definition) is 1. The zero-order valence-corrected chi connectivity index (χ0v) is 13.4. The van der Waals surface area contributed by atoms with Crippen LogP contribution >= 0.6 is 12.6 Å². The van der Waals surface area contributed by atoms with E-state index in [1.54, 1.807) is 0 Å². The number of thiol groups is 1. The van der Waals surface area contributed by atoms with Crippen molar-refractivity contribution in [2.75, 3.05) is 0 Å². The average Bonchev–Trinajstić information content (AvgIpc) is 2.17. The first-order chi connectivity index (χ1) is 7.36. The molecule has 1 rings (SSSR count). The van der Waals surface area contributed by atoms with Crippen molar-refractivity contribution in [1.82, 2.24) is 0 Å². The van der Waals surface area contributed by atoms with Gasteiger partial charge in [-0.2, -0.15) is 0 Å². The van der Waals surface area contributed by atoms with E-state index in [9.17, 15) is 12.9 Å². The molecule has 0 aliphatic heterocycles. The minimum Gasteiger partial charge on any atom is -0.445 e. The molecule has 9 heteroatoms. The van der Waals surface area contributed by atoms with Crippen molar-refractivity contribution < 1.29 is 64.3 Å². The van der Waals surface area contributed by atoms with Crippen molar-refractivity contribution in [3.8, 4) is 0 Å². The Bertz CT molecular complexity index is 460. The molecule has 0 radical (unpaired) electrons. The molecule has 0 atom stereocenters. The normalized spacial score (nSPS) is 10.4. The quantitative estimate of drug-likeness (QED) is 0.270. The predicted octanol–water partition coefficient (Wildman–Crippen LogP) is 0.152. The Hall–Kier alpha value is 0.371. The molecular formula is C8H8BF3KN3S. The summed E-state index contributed by atoms with van der Waals surface area (Å²) >= 11 is 3.90. The van der Waals surface area contributed by atoms with Gasteiger partial charge in [-0.1, -0.05) is 16.7 Å². The Labute approximate surface area is 145 Å². The molecule has 0 saturated carbocycles. The molecule has 0 spiro atoms. The van der Waals surface area contributed by atoms with Crippen molar-refractivity contribution in [2.24, 2.45) is 5.11 Å².